The second kappa shape index (κ2) is 5.65. The number of amides is 2. The van der Waals surface area contributed by atoms with Crippen molar-refractivity contribution in [3.05, 3.63) is 33.1 Å². The van der Waals surface area contributed by atoms with Crippen molar-refractivity contribution in [1.82, 2.24) is 4.90 Å². The maximum atomic E-state index is 13.5. The molecule has 1 aromatic carbocycles. The number of rotatable bonds is 3. The summed E-state index contributed by atoms with van der Waals surface area (Å²) in [7, 11) is 1.33. The van der Waals surface area contributed by atoms with Crippen LogP contribution in [0.3, 0.4) is 0 Å². The molecule has 0 bridgehead atoms. The fraction of sp³-hybridized carbons (Fsp3) is 0.333. The zero-order valence-electron chi connectivity index (χ0n) is 10.9. The smallest absolute Gasteiger partial charge is 0.294 e. The number of nitro benzene ring substituents is 1. The number of likely N-dealkylation sites (tertiary alicyclic amines) is 1. The summed E-state index contributed by atoms with van der Waals surface area (Å²) in [5.41, 5.74) is -0.586. The molecule has 1 aliphatic rings. The van der Waals surface area contributed by atoms with E-state index in [-0.39, 0.29) is 29.5 Å². The highest BCUT2D eigenvalue weighted by molar-refractivity contribution is 6.31. The minimum Gasteiger partial charge on any atom is -0.368 e. The Balaban J connectivity index is 2.31. The van der Waals surface area contributed by atoms with Crippen LogP contribution in [0.25, 0.3) is 0 Å². The number of carbonyl (C=O) groups is 2. The van der Waals surface area contributed by atoms with Crippen LogP contribution in [-0.2, 0) is 9.59 Å². The average molecular weight is 316 g/mol. The van der Waals surface area contributed by atoms with E-state index in [0.717, 1.165) is 17.0 Å². The van der Waals surface area contributed by atoms with Gasteiger partial charge in [-0.1, -0.05) is 11.6 Å². The molecule has 0 spiro atoms. The van der Waals surface area contributed by atoms with Gasteiger partial charge in [0.05, 0.1) is 9.95 Å². The topological polar surface area (TPSA) is 92.6 Å². The number of likely N-dealkylation sites (N-methyl/N-ethyl adjacent to an activating group) is 1. The Kier molecular flexibility index (Phi) is 4.08. The van der Waals surface area contributed by atoms with E-state index in [1.807, 2.05) is 0 Å². The fourth-order valence-electron chi connectivity index (χ4n) is 2.04. The molecular formula is C12H11ClFN3O4. The molecule has 1 aliphatic heterocycles. The van der Waals surface area contributed by atoms with E-state index >= 15 is 0 Å². The lowest BCUT2D eigenvalue weighted by molar-refractivity contribution is -0.384. The summed E-state index contributed by atoms with van der Waals surface area (Å²) in [6.45, 7) is 0. The zero-order valence-corrected chi connectivity index (χ0v) is 11.7. The first kappa shape index (κ1) is 15.2. The first-order chi connectivity index (χ1) is 9.81. The Morgan fingerprint density at radius 3 is 2.76 bits per heavy atom. The first-order valence-corrected chi connectivity index (χ1v) is 6.39. The number of hydrogen-bond acceptors (Lipinski definition) is 5. The van der Waals surface area contributed by atoms with Crippen LogP contribution >= 0.6 is 11.6 Å². The van der Waals surface area contributed by atoms with Crippen LogP contribution in [0, 0.1) is 15.9 Å². The van der Waals surface area contributed by atoms with E-state index in [1.165, 1.54) is 7.05 Å². The van der Waals surface area contributed by atoms with Crippen molar-refractivity contribution in [3.8, 4) is 0 Å². The third-order valence-electron chi connectivity index (χ3n) is 3.21. The van der Waals surface area contributed by atoms with Gasteiger partial charge in [0, 0.05) is 25.6 Å². The van der Waals surface area contributed by atoms with Gasteiger partial charge in [0.1, 0.15) is 17.5 Å². The average Bonchev–Trinajstić information content (AvgIpc) is 2.43. The van der Waals surface area contributed by atoms with Gasteiger partial charge in [0.25, 0.3) is 11.6 Å². The maximum Gasteiger partial charge on any atom is 0.294 e. The highest BCUT2D eigenvalue weighted by Gasteiger charge is 2.33. The number of benzene rings is 1. The number of nitro groups is 1. The molecule has 2 amide bonds. The summed E-state index contributed by atoms with van der Waals surface area (Å²) in [6.07, 6.45) is 0.313. The van der Waals surface area contributed by atoms with Crippen molar-refractivity contribution in [1.29, 1.82) is 0 Å². The molecule has 1 saturated heterocycles. The molecule has 1 atom stereocenters. The van der Waals surface area contributed by atoms with Crippen molar-refractivity contribution < 1.29 is 18.9 Å². The number of nitrogens with zero attached hydrogens (tertiary/aromatic N) is 2. The van der Waals surface area contributed by atoms with E-state index in [0.29, 0.717) is 0 Å². The molecule has 1 heterocycles. The van der Waals surface area contributed by atoms with E-state index in [9.17, 15) is 24.1 Å². The predicted molar refractivity (Wildman–Crippen MR) is 72.5 cm³/mol. The summed E-state index contributed by atoms with van der Waals surface area (Å²) >= 11 is 5.52. The van der Waals surface area contributed by atoms with Crippen LogP contribution in [0.1, 0.15) is 12.8 Å². The van der Waals surface area contributed by atoms with Crippen LogP contribution in [0.15, 0.2) is 12.1 Å². The number of piperidine rings is 1. The van der Waals surface area contributed by atoms with Gasteiger partial charge in [-0.3, -0.25) is 24.6 Å². The van der Waals surface area contributed by atoms with Gasteiger partial charge in [-0.05, 0) is 6.42 Å². The van der Waals surface area contributed by atoms with Crippen molar-refractivity contribution in [2.75, 3.05) is 12.4 Å². The second-order valence-electron chi connectivity index (χ2n) is 4.57. The molecule has 0 radical (unpaired) electrons. The second-order valence-corrected chi connectivity index (χ2v) is 4.97. The molecule has 21 heavy (non-hydrogen) atoms. The monoisotopic (exact) mass is 315 g/mol. The van der Waals surface area contributed by atoms with Crippen LogP contribution < -0.4 is 5.32 Å². The van der Waals surface area contributed by atoms with Gasteiger partial charge < -0.3 is 5.32 Å². The Morgan fingerprint density at radius 1 is 1.48 bits per heavy atom. The van der Waals surface area contributed by atoms with Crippen molar-refractivity contribution >= 4 is 34.8 Å². The minimum absolute atomic E-state index is 0.129. The van der Waals surface area contributed by atoms with Crippen LogP contribution in [0.2, 0.25) is 5.02 Å². The summed E-state index contributed by atoms with van der Waals surface area (Å²) in [6, 6.07) is 0.915. The van der Waals surface area contributed by atoms with Gasteiger partial charge >= 0.3 is 0 Å². The van der Waals surface area contributed by atoms with Crippen LogP contribution in [-0.4, -0.2) is 34.7 Å². The molecule has 2 rings (SSSR count). The standard InChI is InChI=1S/C12H11ClFN3O4/c1-16-11(18)3-2-8(12(16)19)15-9-5-7(14)6(13)4-10(9)17(20)21/h4-5,8,15H,2-3H2,1H3. The lowest BCUT2D eigenvalue weighted by Gasteiger charge is -2.28. The molecule has 112 valence electrons. The number of imide groups is 1. The number of hydrogen-bond donors (Lipinski definition) is 1. The lowest BCUT2D eigenvalue weighted by Crippen LogP contribution is -2.48. The summed E-state index contributed by atoms with van der Waals surface area (Å²) < 4.78 is 13.5. The Hall–Kier alpha value is -2.22. The molecule has 0 saturated carbocycles. The molecule has 1 aromatic rings. The Bertz CT molecular complexity index is 637. The summed E-state index contributed by atoms with van der Waals surface area (Å²) in [5.74, 6) is -1.68. The molecular weight excluding hydrogens is 305 g/mol. The van der Waals surface area contributed by atoms with Crippen molar-refractivity contribution in [3.63, 3.8) is 0 Å². The van der Waals surface area contributed by atoms with Crippen molar-refractivity contribution in [2.45, 2.75) is 18.9 Å². The molecule has 0 aromatic heterocycles. The van der Waals surface area contributed by atoms with E-state index in [2.05, 4.69) is 5.32 Å². The zero-order chi connectivity index (χ0) is 15.7. The van der Waals surface area contributed by atoms with Crippen molar-refractivity contribution in [2.24, 2.45) is 0 Å². The predicted octanol–water partition coefficient (Wildman–Crippen LogP) is 1.95. The minimum atomic E-state index is -0.836. The fourth-order valence-corrected chi connectivity index (χ4v) is 2.20. The molecule has 1 N–H and O–H groups in total. The Labute approximate surface area is 123 Å². The van der Waals surface area contributed by atoms with E-state index in [1.54, 1.807) is 0 Å². The summed E-state index contributed by atoms with van der Waals surface area (Å²) in [4.78, 5) is 34.5. The molecule has 1 fully saturated rings. The van der Waals surface area contributed by atoms with Crippen LogP contribution in [0.4, 0.5) is 15.8 Å². The third-order valence-corrected chi connectivity index (χ3v) is 3.50. The van der Waals surface area contributed by atoms with Gasteiger partial charge in [-0.25, -0.2) is 4.39 Å². The number of halogens is 2. The van der Waals surface area contributed by atoms with Crippen LogP contribution in [0.5, 0.6) is 0 Å². The number of carbonyl (C=O) groups excluding carboxylic acids is 2. The quantitative estimate of drug-likeness (QED) is 0.523. The third kappa shape index (κ3) is 2.94. The van der Waals surface area contributed by atoms with Gasteiger partial charge in [-0.2, -0.15) is 0 Å². The lowest BCUT2D eigenvalue weighted by atomic mass is 10.0. The first-order valence-electron chi connectivity index (χ1n) is 6.01. The molecule has 9 heteroatoms. The number of nitrogens with one attached hydrogen (secondary N) is 1. The van der Waals surface area contributed by atoms with E-state index in [4.69, 9.17) is 11.6 Å². The van der Waals surface area contributed by atoms with Gasteiger partial charge in [0.2, 0.25) is 5.91 Å². The van der Waals surface area contributed by atoms with Gasteiger partial charge in [-0.15, -0.1) is 0 Å². The normalized spacial score (nSPS) is 18.8. The number of anilines is 1. The van der Waals surface area contributed by atoms with E-state index < -0.39 is 28.4 Å². The highest BCUT2D eigenvalue weighted by Crippen LogP contribution is 2.31. The molecule has 0 aliphatic carbocycles. The van der Waals surface area contributed by atoms with Gasteiger partial charge in [0.15, 0.2) is 0 Å². The molecule has 7 nitrogen and oxygen atoms in total. The SMILES string of the molecule is CN1C(=O)CCC(Nc2cc(F)c(Cl)cc2[N+](=O)[O-])C1=O. The molecule has 1 unspecified atom stereocenters. The largest absolute Gasteiger partial charge is 0.368 e. The highest BCUT2D eigenvalue weighted by atomic mass is 35.5. The maximum absolute atomic E-state index is 13.5. The Morgan fingerprint density at radius 2 is 2.14 bits per heavy atom. The summed E-state index contributed by atoms with van der Waals surface area (Å²) in [5, 5.41) is 13.2.